The lowest BCUT2D eigenvalue weighted by Gasteiger charge is -2.28. The van der Waals surface area contributed by atoms with Gasteiger partial charge in [-0.1, -0.05) is 0 Å². The van der Waals surface area contributed by atoms with Gasteiger partial charge >= 0.3 is 0 Å². The third-order valence-electron chi connectivity index (χ3n) is 3.78. The smallest absolute Gasteiger partial charge is 0.255 e. The van der Waals surface area contributed by atoms with Gasteiger partial charge in [0.2, 0.25) is 0 Å². The van der Waals surface area contributed by atoms with Crippen LogP contribution in [0, 0.1) is 11.3 Å². The molecule has 3 rings (SSSR count). The Kier molecular flexibility index (Phi) is 4.55. The molecule has 2 aromatic carbocycles. The van der Waals surface area contributed by atoms with E-state index in [1.165, 1.54) is 0 Å². The van der Waals surface area contributed by atoms with Crippen molar-refractivity contribution in [3.05, 3.63) is 59.7 Å². The van der Waals surface area contributed by atoms with Crippen molar-refractivity contribution >= 4 is 17.3 Å². The first-order chi connectivity index (χ1) is 11.3. The zero-order chi connectivity index (χ0) is 16.1. The van der Waals surface area contributed by atoms with Gasteiger partial charge in [0.25, 0.3) is 5.91 Å². The molecule has 1 aliphatic heterocycles. The van der Waals surface area contributed by atoms with Gasteiger partial charge in [-0.15, -0.1) is 0 Å². The van der Waals surface area contributed by atoms with Crippen molar-refractivity contribution in [2.75, 3.05) is 36.5 Å². The minimum atomic E-state index is -0.186. The average molecular weight is 307 g/mol. The van der Waals surface area contributed by atoms with Crippen molar-refractivity contribution < 1.29 is 9.53 Å². The molecule has 1 aliphatic rings. The topological polar surface area (TPSA) is 65.4 Å². The van der Waals surface area contributed by atoms with Crippen LogP contribution in [-0.2, 0) is 4.74 Å². The van der Waals surface area contributed by atoms with E-state index in [0.717, 1.165) is 37.7 Å². The summed E-state index contributed by atoms with van der Waals surface area (Å²) in [5.74, 6) is -0.186. The van der Waals surface area contributed by atoms with Gasteiger partial charge < -0.3 is 15.0 Å². The molecule has 1 saturated heterocycles. The summed E-state index contributed by atoms with van der Waals surface area (Å²) >= 11 is 0. The van der Waals surface area contributed by atoms with Gasteiger partial charge in [0.1, 0.15) is 0 Å². The molecule has 0 aliphatic carbocycles. The lowest BCUT2D eigenvalue weighted by atomic mass is 10.1. The third kappa shape index (κ3) is 3.68. The van der Waals surface area contributed by atoms with E-state index in [-0.39, 0.29) is 5.91 Å². The maximum absolute atomic E-state index is 12.2. The Hall–Kier alpha value is -2.84. The average Bonchev–Trinajstić information content (AvgIpc) is 2.63. The first-order valence-electron chi connectivity index (χ1n) is 7.50. The van der Waals surface area contributed by atoms with Crippen molar-refractivity contribution in [2.24, 2.45) is 0 Å². The lowest BCUT2D eigenvalue weighted by molar-refractivity contribution is 0.102. The number of hydrogen-bond donors (Lipinski definition) is 1. The molecule has 0 saturated carbocycles. The first kappa shape index (κ1) is 15.1. The molecule has 1 heterocycles. The summed E-state index contributed by atoms with van der Waals surface area (Å²) in [6, 6.07) is 16.4. The SMILES string of the molecule is N#Cc1ccc(C(=O)Nc2ccc(N3CCOCC3)cc2)cc1. The number of ether oxygens (including phenoxy) is 1. The molecule has 1 fully saturated rings. The van der Waals surface area contributed by atoms with E-state index >= 15 is 0 Å². The molecule has 5 heteroatoms. The van der Waals surface area contributed by atoms with Crippen LogP contribution in [0.15, 0.2) is 48.5 Å². The Morgan fingerprint density at radius 1 is 1.04 bits per heavy atom. The summed E-state index contributed by atoms with van der Waals surface area (Å²) in [7, 11) is 0. The standard InChI is InChI=1S/C18H17N3O2/c19-13-14-1-3-15(4-2-14)18(22)20-16-5-7-17(8-6-16)21-9-11-23-12-10-21/h1-8H,9-12H2,(H,20,22). The molecule has 0 radical (unpaired) electrons. The van der Waals surface area contributed by atoms with Crippen LogP contribution in [0.25, 0.3) is 0 Å². The van der Waals surface area contributed by atoms with E-state index in [2.05, 4.69) is 10.2 Å². The number of hydrogen-bond acceptors (Lipinski definition) is 4. The number of carbonyl (C=O) groups is 1. The second-order valence-electron chi connectivity index (χ2n) is 5.29. The summed E-state index contributed by atoms with van der Waals surface area (Å²) in [6.07, 6.45) is 0. The van der Waals surface area contributed by atoms with Gasteiger partial charge in [-0.2, -0.15) is 5.26 Å². The molecule has 1 amide bonds. The fourth-order valence-corrected chi connectivity index (χ4v) is 2.48. The zero-order valence-electron chi connectivity index (χ0n) is 12.7. The number of morpholine rings is 1. The fraction of sp³-hybridized carbons (Fsp3) is 0.222. The molecule has 0 unspecified atom stereocenters. The number of nitriles is 1. The van der Waals surface area contributed by atoms with Crippen LogP contribution in [0.2, 0.25) is 0 Å². The molecule has 1 N–H and O–H groups in total. The normalized spacial score (nSPS) is 14.1. The quantitative estimate of drug-likeness (QED) is 0.946. The largest absolute Gasteiger partial charge is 0.378 e. The highest BCUT2D eigenvalue weighted by atomic mass is 16.5. The van der Waals surface area contributed by atoms with Gasteiger partial charge in [-0.25, -0.2) is 0 Å². The Morgan fingerprint density at radius 3 is 2.30 bits per heavy atom. The van der Waals surface area contributed by atoms with E-state index < -0.39 is 0 Å². The maximum Gasteiger partial charge on any atom is 0.255 e. The van der Waals surface area contributed by atoms with Gasteiger partial charge in [0, 0.05) is 30.0 Å². The van der Waals surface area contributed by atoms with Gasteiger partial charge in [0.15, 0.2) is 0 Å². The molecule has 0 atom stereocenters. The van der Waals surface area contributed by atoms with Crippen LogP contribution in [0.3, 0.4) is 0 Å². The van der Waals surface area contributed by atoms with Crippen LogP contribution in [0.4, 0.5) is 11.4 Å². The Balaban J connectivity index is 1.65. The van der Waals surface area contributed by atoms with Crippen LogP contribution in [0.1, 0.15) is 15.9 Å². The van der Waals surface area contributed by atoms with Crippen LogP contribution < -0.4 is 10.2 Å². The fourth-order valence-electron chi connectivity index (χ4n) is 2.48. The Bertz CT molecular complexity index is 711. The monoisotopic (exact) mass is 307 g/mol. The first-order valence-corrected chi connectivity index (χ1v) is 7.50. The Morgan fingerprint density at radius 2 is 1.70 bits per heavy atom. The molecule has 5 nitrogen and oxygen atoms in total. The van der Waals surface area contributed by atoms with E-state index in [1.54, 1.807) is 24.3 Å². The van der Waals surface area contributed by atoms with E-state index in [4.69, 9.17) is 10.00 Å². The minimum Gasteiger partial charge on any atom is -0.378 e. The highest BCUT2D eigenvalue weighted by Crippen LogP contribution is 2.19. The summed E-state index contributed by atoms with van der Waals surface area (Å²) in [6.45, 7) is 3.27. The van der Waals surface area contributed by atoms with Crippen molar-refractivity contribution in [1.29, 1.82) is 5.26 Å². The highest BCUT2D eigenvalue weighted by Gasteiger charge is 2.11. The number of benzene rings is 2. The number of nitrogens with one attached hydrogen (secondary N) is 1. The van der Waals surface area contributed by atoms with E-state index in [1.807, 2.05) is 30.3 Å². The van der Waals surface area contributed by atoms with Crippen LogP contribution >= 0.6 is 0 Å². The molecule has 116 valence electrons. The number of nitrogens with zero attached hydrogens (tertiary/aromatic N) is 2. The molecule has 23 heavy (non-hydrogen) atoms. The Labute approximate surface area is 135 Å². The van der Waals surface area contributed by atoms with E-state index in [9.17, 15) is 4.79 Å². The van der Waals surface area contributed by atoms with E-state index in [0.29, 0.717) is 11.1 Å². The highest BCUT2D eigenvalue weighted by molar-refractivity contribution is 6.04. The van der Waals surface area contributed by atoms with Crippen molar-refractivity contribution in [2.45, 2.75) is 0 Å². The molecule has 2 aromatic rings. The van der Waals surface area contributed by atoms with Gasteiger partial charge in [-0.05, 0) is 48.5 Å². The second kappa shape index (κ2) is 6.95. The molecule has 0 spiro atoms. The van der Waals surface area contributed by atoms with Gasteiger partial charge in [0.05, 0.1) is 24.8 Å². The van der Waals surface area contributed by atoms with Crippen molar-refractivity contribution in [1.82, 2.24) is 0 Å². The van der Waals surface area contributed by atoms with Crippen molar-refractivity contribution in [3.8, 4) is 6.07 Å². The number of rotatable bonds is 3. The van der Waals surface area contributed by atoms with Crippen molar-refractivity contribution in [3.63, 3.8) is 0 Å². The lowest BCUT2D eigenvalue weighted by Crippen LogP contribution is -2.36. The van der Waals surface area contributed by atoms with Gasteiger partial charge in [-0.3, -0.25) is 4.79 Å². The molecular formula is C18H17N3O2. The summed E-state index contributed by atoms with van der Waals surface area (Å²) in [4.78, 5) is 14.4. The zero-order valence-corrected chi connectivity index (χ0v) is 12.7. The minimum absolute atomic E-state index is 0.186. The van der Waals surface area contributed by atoms with Crippen LogP contribution in [-0.4, -0.2) is 32.2 Å². The predicted octanol–water partition coefficient (Wildman–Crippen LogP) is 2.65. The molecule has 0 aromatic heterocycles. The maximum atomic E-state index is 12.2. The number of carbonyl (C=O) groups excluding carboxylic acids is 1. The number of anilines is 2. The predicted molar refractivity (Wildman–Crippen MR) is 88.6 cm³/mol. The second-order valence-corrected chi connectivity index (χ2v) is 5.29. The molecule has 0 bridgehead atoms. The van der Waals surface area contributed by atoms with Crippen LogP contribution in [0.5, 0.6) is 0 Å². The molecular weight excluding hydrogens is 290 g/mol. The summed E-state index contributed by atoms with van der Waals surface area (Å²) in [5, 5.41) is 11.6. The summed E-state index contributed by atoms with van der Waals surface area (Å²) in [5.41, 5.74) is 2.94. The third-order valence-corrected chi connectivity index (χ3v) is 3.78. The summed E-state index contributed by atoms with van der Waals surface area (Å²) < 4.78 is 5.34. The number of amides is 1.